The predicted molar refractivity (Wildman–Crippen MR) is 67.3 cm³/mol. The van der Waals surface area contributed by atoms with Gasteiger partial charge in [0.15, 0.2) is 0 Å². The summed E-state index contributed by atoms with van der Waals surface area (Å²) in [5, 5.41) is 1.18. The van der Waals surface area contributed by atoms with E-state index in [-0.39, 0.29) is 0 Å². The Morgan fingerprint density at radius 2 is 2.13 bits per heavy atom. The van der Waals surface area contributed by atoms with Gasteiger partial charge in [0, 0.05) is 12.1 Å². The monoisotopic (exact) mass is 220 g/mol. The molecule has 0 aliphatic carbocycles. The van der Waals surface area contributed by atoms with Gasteiger partial charge in [-0.1, -0.05) is 49.0 Å². The lowest BCUT2D eigenvalue weighted by molar-refractivity contribution is 0.331. The fourth-order valence-corrected chi connectivity index (χ4v) is 2.58. The Bertz CT molecular complexity index is 335. The van der Waals surface area contributed by atoms with Crippen molar-refractivity contribution < 1.29 is 0 Å². The molecule has 0 fully saturated rings. The van der Waals surface area contributed by atoms with Crippen LogP contribution in [0.5, 0.6) is 0 Å². The third-order valence-corrected chi connectivity index (χ3v) is 3.49. The summed E-state index contributed by atoms with van der Waals surface area (Å²) in [7, 11) is 0. The summed E-state index contributed by atoms with van der Waals surface area (Å²) in [6.45, 7) is 4.21. The molecule has 1 aliphatic rings. The molecule has 80 valence electrons. The maximum absolute atomic E-state index is 4.61. The zero-order valence-corrected chi connectivity index (χ0v) is 9.83. The minimum absolute atomic E-state index is 0.852. The molecule has 1 aromatic rings. The summed E-state index contributed by atoms with van der Waals surface area (Å²) in [4.78, 5) is 6.98. The Hall–Kier alpha value is -0.800. The van der Waals surface area contributed by atoms with Crippen LogP contribution in [-0.4, -0.2) is 29.0 Å². The van der Waals surface area contributed by atoms with Crippen molar-refractivity contribution in [2.24, 2.45) is 4.99 Å². The topological polar surface area (TPSA) is 15.6 Å². The minimum atomic E-state index is 0.852. The van der Waals surface area contributed by atoms with Gasteiger partial charge in [0.25, 0.3) is 0 Å². The molecule has 0 radical (unpaired) electrons. The Balaban J connectivity index is 2.02. The van der Waals surface area contributed by atoms with Gasteiger partial charge in [-0.05, 0) is 6.42 Å². The van der Waals surface area contributed by atoms with Crippen molar-refractivity contribution in [2.45, 2.75) is 13.3 Å². The quantitative estimate of drug-likeness (QED) is 0.778. The summed E-state index contributed by atoms with van der Waals surface area (Å²) < 4.78 is 0. The standard InChI is InChI=1S/C12H16N2S/c1-2-8-14-9-13-12(15-10-14)11-6-4-3-5-7-11/h3-7H,2,8-10H2,1H3. The largest absolute Gasteiger partial charge is 0.275 e. The van der Waals surface area contributed by atoms with Crippen molar-refractivity contribution in [3.63, 3.8) is 0 Å². The van der Waals surface area contributed by atoms with Crippen LogP contribution in [0.15, 0.2) is 35.3 Å². The summed E-state index contributed by atoms with van der Waals surface area (Å²) in [5.74, 6) is 1.07. The molecule has 0 saturated carbocycles. The predicted octanol–water partition coefficient (Wildman–Crippen LogP) is 2.81. The Morgan fingerprint density at radius 1 is 1.33 bits per heavy atom. The van der Waals surface area contributed by atoms with E-state index in [0.717, 1.165) is 19.1 Å². The molecule has 3 heteroatoms. The number of thioether (sulfide) groups is 1. The minimum Gasteiger partial charge on any atom is -0.275 e. The summed E-state index contributed by atoms with van der Waals surface area (Å²) >= 11 is 1.84. The van der Waals surface area contributed by atoms with Crippen LogP contribution < -0.4 is 0 Å². The van der Waals surface area contributed by atoms with Gasteiger partial charge >= 0.3 is 0 Å². The van der Waals surface area contributed by atoms with Gasteiger partial charge in [-0.15, -0.1) is 0 Å². The molecular weight excluding hydrogens is 204 g/mol. The maximum Gasteiger partial charge on any atom is 0.101 e. The van der Waals surface area contributed by atoms with Crippen LogP contribution in [0.2, 0.25) is 0 Å². The first kappa shape index (κ1) is 10.7. The SMILES string of the molecule is CCCN1CN=C(c2ccccc2)SC1. The highest BCUT2D eigenvalue weighted by Crippen LogP contribution is 2.19. The van der Waals surface area contributed by atoms with Crippen molar-refractivity contribution >= 4 is 16.8 Å². The average molecular weight is 220 g/mol. The second-order valence-electron chi connectivity index (χ2n) is 3.64. The Morgan fingerprint density at radius 3 is 2.73 bits per heavy atom. The van der Waals surface area contributed by atoms with Crippen LogP contribution in [0.25, 0.3) is 0 Å². The molecule has 1 aliphatic heterocycles. The summed E-state index contributed by atoms with van der Waals surface area (Å²) in [5.41, 5.74) is 1.25. The van der Waals surface area contributed by atoms with Gasteiger partial charge in [-0.25, -0.2) is 0 Å². The van der Waals surface area contributed by atoms with Gasteiger partial charge in [0.1, 0.15) is 5.04 Å². The first-order valence-electron chi connectivity index (χ1n) is 5.35. The lowest BCUT2D eigenvalue weighted by Crippen LogP contribution is -2.29. The van der Waals surface area contributed by atoms with E-state index in [2.05, 4.69) is 41.1 Å². The summed E-state index contributed by atoms with van der Waals surface area (Å²) in [6, 6.07) is 10.4. The average Bonchev–Trinajstić information content (AvgIpc) is 2.32. The van der Waals surface area contributed by atoms with Gasteiger partial charge in [0.05, 0.1) is 12.5 Å². The van der Waals surface area contributed by atoms with Crippen LogP contribution in [0, 0.1) is 0 Å². The number of hydrogen-bond acceptors (Lipinski definition) is 3. The molecule has 2 nitrogen and oxygen atoms in total. The van der Waals surface area contributed by atoms with Crippen LogP contribution >= 0.6 is 11.8 Å². The first-order valence-corrected chi connectivity index (χ1v) is 6.33. The number of hydrogen-bond donors (Lipinski definition) is 0. The second kappa shape index (κ2) is 5.33. The lowest BCUT2D eigenvalue weighted by Gasteiger charge is -2.24. The third kappa shape index (κ3) is 2.83. The van der Waals surface area contributed by atoms with Crippen molar-refractivity contribution in [1.82, 2.24) is 4.90 Å². The van der Waals surface area contributed by atoms with Crippen molar-refractivity contribution in [2.75, 3.05) is 19.1 Å². The molecule has 1 heterocycles. The lowest BCUT2D eigenvalue weighted by atomic mass is 10.2. The van der Waals surface area contributed by atoms with E-state index >= 15 is 0 Å². The van der Waals surface area contributed by atoms with Crippen LogP contribution in [0.3, 0.4) is 0 Å². The van der Waals surface area contributed by atoms with E-state index in [1.807, 2.05) is 17.8 Å². The van der Waals surface area contributed by atoms with E-state index in [1.165, 1.54) is 17.0 Å². The van der Waals surface area contributed by atoms with Crippen LogP contribution in [0.1, 0.15) is 18.9 Å². The maximum atomic E-state index is 4.61. The molecule has 0 saturated heterocycles. The Kier molecular flexibility index (Phi) is 3.80. The number of rotatable bonds is 3. The smallest absolute Gasteiger partial charge is 0.101 e. The van der Waals surface area contributed by atoms with E-state index in [4.69, 9.17) is 0 Å². The molecule has 0 atom stereocenters. The molecule has 0 aromatic heterocycles. The molecule has 0 spiro atoms. The first-order chi connectivity index (χ1) is 7.40. The molecule has 1 aromatic carbocycles. The Labute approximate surface area is 95.4 Å². The molecular formula is C12H16N2S. The molecule has 0 bridgehead atoms. The number of nitrogens with zero attached hydrogens (tertiary/aromatic N) is 2. The second-order valence-corrected chi connectivity index (χ2v) is 4.57. The van der Waals surface area contributed by atoms with Gasteiger partial charge < -0.3 is 0 Å². The normalized spacial score (nSPS) is 17.5. The van der Waals surface area contributed by atoms with E-state index in [1.54, 1.807) is 0 Å². The summed E-state index contributed by atoms with van der Waals surface area (Å²) in [6.07, 6.45) is 1.21. The van der Waals surface area contributed by atoms with Crippen molar-refractivity contribution in [3.05, 3.63) is 35.9 Å². The highest BCUT2D eigenvalue weighted by Gasteiger charge is 2.13. The van der Waals surface area contributed by atoms with Gasteiger partial charge in [-0.3, -0.25) is 9.89 Å². The third-order valence-electron chi connectivity index (χ3n) is 2.36. The van der Waals surface area contributed by atoms with E-state index in [9.17, 15) is 0 Å². The molecule has 0 N–H and O–H groups in total. The molecule has 2 rings (SSSR count). The number of benzene rings is 1. The van der Waals surface area contributed by atoms with Gasteiger partial charge in [-0.2, -0.15) is 0 Å². The van der Waals surface area contributed by atoms with Crippen LogP contribution in [0.4, 0.5) is 0 Å². The molecule has 0 amide bonds. The zero-order valence-electron chi connectivity index (χ0n) is 9.02. The highest BCUT2D eigenvalue weighted by atomic mass is 32.2. The van der Waals surface area contributed by atoms with E-state index < -0.39 is 0 Å². The van der Waals surface area contributed by atoms with Crippen molar-refractivity contribution in [1.29, 1.82) is 0 Å². The number of aliphatic imine (C=N–C) groups is 1. The van der Waals surface area contributed by atoms with Crippen LogP contribution in [-0.2, 0) is 0 Å². The molecule has 15 heavy (non-hydrogen) atoms. The van der Waals surface area contributed by atoms with Gasteiger partial charge in [0.2, 0.25) is 0 Å². The molecule has 0 unspecified atom stereocenters. The zero-order chi connectivity index (χ0) is 10.5. The fourth-order valence-electron chi connectivity index (χ4n) is 1.61. The fraction of sp³-hybridized carbons (Fsp3) is 0.417. The van der Waals surface area contributed by atoms with E-state index in [0.29, 0.717) is 0 Å². The van der Waals surface area contributed by atoms with Crippen molar-refractivity contribution in [3.8, 4) is 0 Å². The highest BCUT2D eigenvalue weighted by molar-refractivity contribution is 8.14.